The fourth-order valence-corrected chi connectivity index (χ4v) is 18.9. The number of rotatable bonds is 17. The van der Waals surface area contributed by atoms with Crippen molar-refractivity contribution in [2.45, 2.75) is 92.3 Å². The Bertz CT molecular complexity index is 3320. The van der Waals surface area contributed by atoms with Crippen LogP contribution in [0.1, 0.15) is 42.9 Å². The lowest BCUT2D eigenvalue weighted by molar-refractivity contribution is -0.245. The van der Waals surface area contributed by atoms with E-state index < -0.39 is 96.7 Å². The molecule has 8 rings (SSSR count). The summed E-state index contributed by atoms with van der Waals surface area (Å²) in [5, 5.41) is -14.2. The number of halogens is 6. The van der Waals surface area contributed by atoms with E-state index in [1.807, 2.05) is 129 Å². The highest BCUT2D eigenvalue weighted by molar-refractivity contribution is 8.17. The van der Waals surface area contributed by atoms with Crippen molar-refractivity contribution in [2.75, 3.05) is 5.75 Å². The molecule has 6 aromatic rings. The van der Waals surface area contributed by atoms with Gasteiger partial charge in [0.1, 0.15) is 5.78 Å². The molecule has 378 valence electrons. The van der Waals surface area contributed by atoms with E-state index in [0.717, 1.165) is 46.1 Å². The molecule has 2 bridgehead atoms. The zero-order valence-electron chi connectivity index (χ0n) is 38.2. The average Bonchev–Trinajstić information content (AvgIpc) is 3.67. The number of nitrogens with one attached hydrogen (secondary N) is 1. The number of carbonyl (C=O) groups excluding carboxylic acids is 1. The Labute approximate surface area is 414 Å². The second-order valence-electron chi connectivity index (χ2n) is 18.4. The minimum atomic E-state index is -7.44. The van der Waals surface area contributed by atoms with Crippen LogP contribution < -0.4 is 4.13 Å². The molecule has 71 heavy (non-hydrogen) atoms. The molecule has 2 saturated carbocycles. The van der Waals surface area contributed by atoms with Gasteiger partial charge in [-0.2, -0.15) is 56.6 Å². The molecule has 5 unspecified atom stereocenters. The van der Waals surface area contributed by atoms with E-state index in [1.54, 1.807) is 6.92 Å². The first kappa shape index (κ1) is 52.4. The molecule has 20 heteroatoms. The van der Waals surface area contributed by atoms with Crippen LogP contribution in [0.5, 0.6) is 0 Å². The summed E-state index contributed by atoms with van der Waals surface area (Å²) in [4.78, 5) is 20.4. The average molecular weight is 1080 g/mol. The van der Waals surface area contributed by atoms with Crippen molar-refractivity contribution < 1.29 is 60.9 Å². The van der Waals surface area contributed by atoms with Crippen molar-refractivity contribution >= 4 is 57.7 Å². The van der Waals surface area contributed by atoms with Crippen LogP contribution in [0.15, 0.2) is 181 Å². The molecule has 0 aliphatic heterocycles. The Morgan fingerprint density at radius 3 is 1.52 bits per heavy atom. The number of alkyl halides is 6. The van der Waals surface area contributed by atoms with Crippen molar-refractivity contribution in [3.05, 3.63) is 168 Å². The number of aryl methyl sites for hydroxylation is 2. The van der Waals surface area contributed by atoms with Crippen molar-refractivity contribution in [1.29, 1.82) is 0 Å². The number of sulfonamides is 2. The van der Waals surface area contributed by atoms with Crippen LogP contribution in [0.25, 0.3) is 11.1 Å². The highest BCUT2D eigenvalue weighted by Crippen LogP contribution is 2.66. The lowest BCUT2D eigenvalue weighted by Gasteiger charge is -2.40. The fourth-order valence-electron chi connectivity index (χ4n) is 10.1. The predicted molar refractivity (Wildman–Crippen MR) is 264 cm³/mol. The number of ketones is 1. The first-order valence-corrected chi connectivity index (χ1v) is 29.4. The van der Waals surface area contributed by atoms with Crippen LogP contribution >= 0.6 is 21.8 Å². The predicted octanol–water partition coefficient (Wildman–Crippen LogP) is 11.8. The minimum Gasteiger partial charge on any atom is -0.299 e. The number of Topliss-reactive ketones (excluding diaryl/α,β-unsaturated/α-hetero) is 1. The summed E-state index contributed by atoms with van der Waals surface area (Å²) in [7, 11) is -22.9. The van der Waals surface area contributed by atoms with Crippen LogP contribution in [-0.2, 0) is 41.4 Å². The summed E-state index contributed by atoms with van der Waals surface area (Å²) >= 11 is 0. The van der Waals surface area contributed by atoms with Crippen LogP contribution in [0.3, 0.4) is 0 Å². The molecule has 5 atom stereocenters. The molecule has 0 amide bonds. The molecular weight excluding hydrogens is 1030 g/mol. The van der Waals surface area contributed by atoms with Crippen LogP contribution in [0, 0.1) is 30.6 Å². The molecule has 0 spiro atoms. The number of fused-ring (bicyclic) bond motifs is 2. The van der Waals surface area contributed by atoms with E-state index in [-0.39, 0.29) is 25.7 Å². The molecule has 2 fully saturated rings. The summed E-state index contributed by atoms with van der Waals surface area (Å²) in [5.74, 6) is -10.1. The Morgan fingerprint density at radius 1 is 0.620 bits per heavy atom. The molecule has 9 nitrogen and oxygen atoms in total. The standard InChI is InChI=1S/C51H49F6NO8S5/c1-34-14-20-41(21-15-34)67(39-10-6-4-7-11-39)43-24-18-36(19-25-43)45-27-26-44(68(40-12-8-5-9-13-40)42-22-16-35(2)17-23-42)30-37(45)32-47(3)38-28-29-48(47,46(59)31-38)33-69(60,61)58-70(62,63)50(54,55)49(52,53)51(56,57)71(64,65)66/h4-27,30,38,58,67-68H,28-29,31-33H2,1-3H3,(H,64,65,66). The SMILES string of the molecule is Cc1ccc([SH](c2ccccc2)c2ccc(-c3ccc([SH](c4ccccc4)c4ccc(C)cc4)cc3CC3(C)C4CCC3(CS(=O)(=O)NS(=O)(=O)C(F)(F)C(F)(F)C(F)(F)S(=O)(=O)O)C(=O)C4)cc2)cc1. The lowest BCUT2D eigenvalue weighted by atomic mass is 9.65. The molecule has 0 saturated heterocycles. The summed E-state index contributed by atoms with van der Waals surface area (Å²) < 4.78 is 172. The zero-order valence-corrected chi connectivity index (χ0v) is 42.5. The molecule has 6 aromatic carbocycles. The highest BCUT2D eigenvalue weighted by atomic mass is 32.3. The molecule has 2 aliphatic rings. The van der Waals surface area contributed by atoms with E-state index in [1.165, 1.54) is 0 Å². The third kappa shape index (κ3) is 9.38. The van der Waals surface area contributed by atoms with Crippen molar-refractivity contribution in [3.8, 4) is 11.1 Å². The number of carbonyl (C=O) groups is 1. The third-order valence-corrected chi connectivity index (χ3v) is 23.4. The normalized spacial score (nSPS) is 21.3. The van der Waals surface area contributed by atoms with Gasteiger partial charge in [-0.1, -0.05) is 96.9 Å². The Balaban J connectivity index is 1.23. The molecular formula is C51H49F6NO8S5. The topological polar surface area (TPSA) is 152 Å². The van der Waals surface area contributed by atoms with Gasteiger partial charge in [-0.05, 0) is 163 Å². The Kier molecular flexibility index (Phi) is 13.9. The van der Waals surface area contributed by atoms with Crippen LogP contribution in [-0.4, -0.2) is 57.8 Å². The fraction of sp³-hybridized carbons (Fsp3) is 0.275. The van der Waals surface area contributed by atoms with E-state index in [9.17, 15) is 56.4 Å². The lowest BCUT2D eigenvalue weighted by Crippen LogP contribution is -2.63. The Hall–Kier alpha value is -4.96. The maximum atomic E-state index is 15.0. The summed E-state index contributed by atoms with van der Waals surface area (Å²) in [6.45, 7) is 5.63. The second kappa shape index (κ2) is 18.8. The first-order valence-electron chi connectivity index (χ1n) is 22.1. The van der Waals surface area contributed by atoms with Gasteiger partial charge in [0.25, 0.3) is 10.0 Å². The molecule has 0 radical (unpaired) electrons. The largest absolute Gasteiger partial charge is 0.439 e. The molecule has 0 aromatic heterocycles. The number of hydrogen-bond acceptors (Lipinski definition) is 7. The maximum Gasteiger partial charge on any atom is 0.439 e. The van der Waals surface area contributed by atoms with E-state index in [2.05, 4.69) is 36.4 Å². The van der Waals surface area contributed by atoms with Crippen LogP contribution in [0.2, 0.25) is 0 Å². The van der Waals surface area contributed by atoms with Gasteiger partial charge in [0.15, 0.2) is 0 Å². The van der Waals surface area contributed by atoms with Gasteiger partial charge in [0.2, 0.25) is 10.0 Å². The minimum absolute atomic E-state index is 0.0165. The Morgan fingerprint density at radius 2 is 1.06 bits per heavy atom. The monoisotopic (exact) mass is 1080 g/mol. The van der Waals surface area contributed by atoms with Crippen molar-refractivity contribution in [3.63, 3.8) is 0 Å². The zero-order chi connectivity index (χ0) is 51.6. The van der Waals surface area contributed by atoms with Gasteiger partial charge in [0.05, 0.1) is 11.2 Å². The summed E-state index contributed by atoms with van der Waals surface area (Å²) in [5.41, 5.74) is 0.938. The number of thiol groups is 2. The van der Waals surface area contributed by atoms with E-state index in [0.29, 0.717) is 15.3 Å². The van der Waals surface area contributed by atoms with Gasteiger partial charge in [-0.3, -0.25) is 9.35 Å². The third-order valence-electron chi connectivity index (χ3n) is 13.9. The van der Waals surface area contributed by atoms with Crippen molar-refractivity contribution in [1.82, 2.24) is 4.13 Å². The van der Waals surface area contributed by atoms with Crippen LogP contribution in [0.4, 0.5) is 26.3 Å². The summed E-state index contributed by atoms with van der Waals surface area (Å²) in [6.07, 6.45) is -0.171. The smallest absolute Gasteiger partial charge is 0.299 e. The highest BCUT2D eigenvalue weighted by Gasteiger charge is 2.82. The number of benzene rings is 6. The van der Waals surface area contributed by atoms with Gasteiger partial charge >= 0.3 is 26.5 Å². The quantitative estimate of drug-likeness (QED) is 0.0400. The summed E-state index contributed by atoms with van der Waals surface area (Å²) in [6, 6.07) is 50.3. The van der Waals surface area contributed by atoms with Gasteiger partial charge in [-0.25, -0.2) is 16.8 Å². The maximum absolute atomic E-state index is 15.0. The second-order valence-corrected chi connectivity index (χ2v) is 28.0. The number of hydrogen-bond donors (Lipinski definition) is 4. The first-order chi connectivity index (χ1) is 33.1. The van der Waals surface area contributed by atoms with E-state index >= 15 is 0 Å². The molecule has 2 aliphatic carbocycles. The van der Waals surface area contributed by atoms with E-state index in [4.69, 9.17) is 4.55 Å². The van der Waals surface area contributed by atoms with Gasteiger partial charge in [-0.15, -0.1) is 4.13 Å². The van der Waals surface area contributed by atoms with Gasteiger partial charge < -0.3 is 0 Å². The molecule has 0 heterocycles. The van der Waals surface area contributed by atoms with Crippen molar-refractivity contribution in [2.24, 2.45) is 16.7 Å². The van der Waals surface area contributed by atoms with Gasteiger partial charge in [0, 0.05) is 6.42 Å². The molecule has 2 N–H and O–H groups in total.